The number of aryl methyl sites for hydroxylation is 1. The van der Waals surface area contributed by atoms with Crippen molar-refractivity contribution in [2.24, 2.45) is 0 Å². The zero-order valence-electron chi connectivity index (χ0n) is 12.1. The van der Waals surface area contributed by atoms with Gasteiger partial charge in [-0.15, -0.1) is 0 Å². The topological polar surface area (TPSA) is 15.3 Å². The lowest BCUT2D eigenvalue weighted by atomic mass is 10.2. The second-order valence-corrected chi connectivity index (χ2v) is 5.60. The van der Waals surface area contributed by atoms with Gasteiger partial charge in [0.15, 0.2) is 0 Å². The average Bonchev–Trinajstić information content (AvgIpc) is 2.41. The van der Waals surface area contributed by atoms with Crippen molar-refractivity contribution in [1.82, 2.24) is 4.90 Å². The molecule has 2 nitrogen and oxygen atoms in total. The van der Waals surface area contributed by atoms with Crippen LogP contribution in [0, 0.1) is 6.92 Å². The van der Waals surface area contributed by atoms with Crippen LogP contribution in [-0.2, 0) is 6.54 Å². The van der Waals surface area contributed by atoms with Crippen molar-refractivity contribution in [1.29, 1.82) is 0 Å². The minimum atomic E-state index is 0.800. The third-order valence-corrected chi connectivity index (χ3v) is 3.45. The third kappa shape index (κ3) is 4.87. The third-order valence-electron chi connectivity index (χ3n) is 3.22. The predicted octanol–water partition coefficient (Wildman–Crippen LogP) is 4.19. The summed E-state index contributed by atoms with van der Waals surface area (Å²) in [4.78, 5) is 2.28. The van der Waals surface area contributed by atoms with Gasteiger partial charge in [0.2, 0.25) is 0 Å². The Hall–Kier alpha value is -1.51. The summed E-state index contributed by atoms with van der Waals surface area (Å²) in [6.45, 7) is 4.93. The van der Waals surface area contributed by atoms with Crippen LogP contribution in [-0.4, -0.2) is 25.0 Å². The monoisotopic (exact) mass is 288 g/mol. The van der Waals surface area contributed by atoms with E-state index in [4.69, 9.17) is 11.6 Å². The standard InChI is InChI=1S/C17H21ClN2/c1-14-6-8-17(9-7-14)19-10-11-20(2)13-15-4-3-5-16(18)12-15/h3-9,12,19H,10-11,13H2,1-2H3. The van der Waals surface area contributed by atoms with Crippen LogP contribution in [0.3, 0.4) is 0 Å². The van der Waals surface area contributed by atoms with E-state index in [1.54, 1.807) is 0 Å². The second-order valence-electron chi connectivity index (χ2n) is 5.16. The lowest BCUT2D eigenvalue weighted by Gasteiger charge is -2.17. The van der Waals surface area contributed by atoms with Gasteiger partial charge in [0.1, 0.15) is 0 Å². The van der Waals surface area contributed by atoms with Crippen molar-refractivity contribution in [3.05, 3.63) is 64.7 Å². The highest BCUT2D eigenvalue weighted by Crippen LogP contribution is 2.12. The number of rotatable bonds is 6. The van der Waals surface area contributed by atoms with Gasteiger partial charge < -0.3 is 10.2 Å². The normalized spacial score (nSPS) is 10.8. The van der Waals surface area contributed by atoms with Gasteiger partial charge in [-0.2, -0.15) is 0 Å². The van der Waals surface area contributed by atoms with Crippen LogP contribution in [0.1, 0.15) is 11.1 Å². The van der Waals surface area contributed by atoms with Gasteiger partial charge in [-0.25, -0.2) is 0 Å². The molecule has 0 heterocycles. The molecule has 20 heavy (non-hydrogen) atoms. The van der Waals surface area contributed by atoms with Crippen molar-refractivity contribution in [2.75, 3.05) is 25.5 Å². The number of nitrogens with zero attached hydrogens (tertiary/aromatic N) is 1. The highest BCUT2D eigenvalue weighted by atomic mass is 35.5. The summed E-state index contributed by atoms with van der Waals surface area (Å²) < 4.78 is 0. The van der Waals surface area contributed by atoms with Crippen LogP contribution in [0.15, 0.2) is 48.5 Å². The fourth-order valence-corrected chi connectivity index (χ4v) is 2.30. The molecule has 0 aromatic heterocycles. The molecule has 0 spiro atoms. The summed E-state index contributed by atoms with van der Waals surface area (Å²) in [5.41, 5.74) is 3.70. The molecule has 0 saturated carbocycles. The summed E-state index contributed by atoms with van der Waals surface area (Å²) >= 11 is 5.99. The van der Waals surface area contributed by atoms with Crippen molar-refractivity contribution in [3.63, 3.8) is 0 Å². The Morgan fingerprint density at radius 2 is 1.85 bits per heavy atom. The molecule has 0 atom stereocenters. The lowest BCUT2D eigenvalue weighted by molar-refractivity contribution is 0.340. The minimum Gasteiger partial charge on any atom is -0.384 e. The summed E-state index contributed by atoms with van der Waals surface area (Å²) in [5, 5.41) is 4.23. The van der Waals surface area contributed by atoms with E-state index in [1.807, 2.05) is 18.2 Å². The minimum absolute atomic E-state index is 0.800. The second kappa shape index (κ2) is 7.32. The molecule has 0 amide bonds. The van der Waals surface area contributed by atoms with Gasteiger partial charge in [0.05, 0.1) is 0 Å². The molecule has 106 valence electrons. The fraction of sp³-hybridized carbons (Fsp3) is 0.294. The van der Waals surface area contributed by atoms with Gasteiger partial charge in [0.25, 0.3) is 0 Å². The molecule has 3 heteroatoms. The quantitative estimate of drug-likeness (QED) is 0.857. The molecule has 0 aliphatic carbocycles. The molecular weight excluding hydrogens is 268 g/mol. The number of anilines is 1. The molecule has 0 radical (unpaired) electrons. The lowest BCUT2D eigenvalue weighted by Crippen LogP contribution is -2.24. The van der Waals surface area contributed by atoms with Gasteiger partial charge in [0, 0.05) is 30.3 Å². The number of likely N-dealkylation sites (N-methyl/N-ethyl adjacent to an activating group) is 1. The number of nitrogens with one attached hydrogen (secondary N) is 1. The summed E-state index contributed by atoms with van der Waals surface area (Å²) in [6.07, 6.45) is 0. The molecule has 1 N–H and O–H groups in total. The highest BCUT2D eigenvalue weighted by molar-refractivity contribution is 6.30. The van der Waals surface area contributed by atoms with Crippen LogP contribution >= 0.6 is 11.6 Å². The maximum atomic E-state index is 5.99. The maximum Gasteiger partial charge on any atom is 0.0409 e. The Labute approximate surface area is 126 Å². The molecule has 0 aliphatic rings. The SMILES string of the molecule is Cc1ccc(NCCN(C)Cc2cccc(Cl)c2)cc1. The van der Waals surface area contributed by atoms with E-state index in [0.717, 1.165) is 24.7 Å². The van der Waals surface area contributed by atoms with Gasteiger partial charge in [-0.1, -0.05) is 41.4 Å². The van der Waals surface area contributed by atoms with E-state index in [-0.39, 0.29) is 0 Å². The van der Waals surface area contributed by atoms with Gasteiger partial charge >= 0.3 is 0 Å². The smallest absolute Gasteiger partial charge is 0.0409 e. The zero-order chi connectivity index (χ0) is 14.4. The number of halogens is 1. The Balaban J connectivity index is 1.75. The predicted molar refractivity (Wildman–Crippen MR) is 87.5 cm³/mol. The van der Waals surface area contributed by atoms with E-state index in [9.17, 15) is 0 Å². The first-order chi connectivity index (χ1) is 9.63. The van der Waals surface area contributed by atoms with Gasteiger partial charge in [-0.05, 0) is 43.8 Å². The molecule has 0 bridgehead atoms. The Morgan fingerprint density at radius 3 is 2.55 bits per heavy atom. The van der Waals surface area contributed by atoms with Crippen molar-refractivity contribution >= 4 is 17.3 Å². The number of hydrogen-bond acceptors (Lipinski definition) is 2. The first kappa shape index (κ1) is 14.9. The molecule has 0 unspecified atom stereocenters. The molecule has 2 rings (SSSR count). The first-order valence-corrected chi connectivity index (χ1v) is 7.25. The Morgan fingerprint density at radius 1 is 1.10 bits per heavy atom. The van der Waals surface area contributed by atoms with Crippen LogP contribution in [0.5, 0.6) is 0 Å². The molecule has 0 fully saturated rings. The average molecular weight is 289 g/mol. The summed E-state index contributed by atoms with van der Waals surface area (Å²) in [7, 11) is 2.12. The number of hydrogen-bond donors (Lipinski definition) is 1. The van der Waals surface area contributed by atoms with Crippen LogP contribution in [0.4, 0.5) is 5.69 Å². The molecule has 2 aromatic rings. The van der Waals surface area contributed by atoms with E-state index in [1.165, 1.54) is 16.8 Å². The van der Waals surface area contributed by atoms with Crippen molar-refractivity contribution < 1.29 is 0 Å². The highest BCUT2D eigenvalue weighted by Gasteiger charge is 2.01. The van der Waals surface area contributed by atoms with E-state index in [0.29, 0.717) is 0 Å². The molecular formula is C17H21ClN2. The Kier molecular flexibility index (Phi) is 5.45. The van der Waals surface area contributed by atoms with Crippen molar-refractivity contribution in [3.8, 4) is 0 Å². The van der Waals surface area contributed by atoms with E-state index >= 15 is 0 Å². The zero-order valence-corrected chi connectivity index (χ0v) is 12.8. The molecule has 0 aliphatic heterocycles. The van der Waals surface area contributed by atoms with E-state index in [2.05, 4.69) is 54.5 Å². The van der Waals surface area contributed by atoms with Crippen LogP contribution in [0.25, 0.3) is 0 Å². The fourth-order valence-electron chi connectivity index (χ4n) is 2.09. The van der Waals surface area contributed by atoms with E-state index < -0.39 is 0 Å². The largest absolute Gasteiger partial charge is 0.384 e. The van der Waals surface area contributed by atoms with Crippen molar-refractivity contribution in [2.45, 2.75) is 13.5 Å². The van der Waals surface area contributed by atoms with Gasteiger partial charge in [-0.3, -0.25) is 0 Å². The first-order valence-electron chi connectivity index (χ1n) is 6.87. The number of benzene rings is 2. The summed E-state index contributed by atoms with van der Waals surface area (Å²) in [5.74, 6) is 0. The van der Waals surface area contributed by atoms with Crippen LogP contribution < -0.4 is 5.32 Å². The van der Waals surface area contributed by atoms with Crippen LogP contribution in [0.2, 0.25) is 5.02 Å². The molecule has 0 saturated heterocycles. The molecule has 2 aromatic carbocycles. The Bertz CT molecular complexity index is 537. The maximum absolute atomic E-state index is 5.99. The summed E-state index contributed by atoms with van der Waals surface area (Å²) in [6, 6.07) is 16.5.